The lowest BCUT2D eigenvalue weighted by Gasteiger charge is -2.14. The van der Waals surface area contributed by atoms with E-state index in [2.05, 4.69) is 5.32 Å². The van der Waals surface area contributed by atoms with Crippen LogP contribution in [0, 0.1) is 12.7 Å². The number of aryl methyl sites for hydroxylation is 1. The average molecular weight is 385 g/mol. The maximum Gasteiger partial charge on any atom is 0.255 e. The van der Waals surface area contributed by atoms with Crippen LogP contribution in [0.5, 0.6) is 5.75 Å². The molecule has 0 radical (unpaired) electrons. The molecule has 0 saturated carbocycles. The van der Waals surface area contributed by atoms with E-state index in [1.807, 2.05) is 0 Å². The van der Waals surface area contributed by atoms with Gasteiger partial charge in [-0.15, -0.1) is 0 Å². The first-order chi connectivity index (χ1) is 13.5. The Balaban J connectivity index is 1.57. The third-order valence-electron chi connectivity index (χ3n) is 4.78. The number of carbonyl (C=O) groups is 1. The van der Waals surface area contributed by atoms with Crippen molar-refractivity contribution >= 4 is 16.9 Å². The van der Waals surface area contributed by atoms with E-state index in [1.165, 1.54) is 6.07 Å². The minimum absolute atomic E-state index is 0.0716. The second-order valence-corrected chi connectivity index (χ2v) is 6.76. The molecule has 3 aromatic rings. The molecule has 1 saturated heterocycles. The van der Waals surface area contributed by atoms with Crippen molar-refractivity contribution in [3.8, 4) is 5.75 Å². The summed E-state index contributed by atoms with van der Waals surface area (Å²) >= 11 is 0. The van der Waals surface area contributed by atoms with Gasteiger partial charge >= 0.3 is 0 Å². The molecule has 2 atom stereocenters. The van der Waals surface area contributed by atoms with Gasteiger partial charge in [0.15, 0.2) is 0 Å². The molecule has 28 heavy (non-hydrogen) atoms. The van der Waals surface area contributed by atoms with Crippen molar-refractivity contribution in [2.45, 2.75) is 25.7 Å². The molecule has 7 heteroatoms. The number of aliphatic hydroxyl groups excluding tert-OH is 1. The lowest BCUT2D eigenvalue weighted by Crippen LogP contribution is -2.42. The number of nitrogens with one attached hydrogen (secondary N) is 1. The summed E-state index contributed by atoms with van der Waals surface area (Å²) in [6.45, 7) is 2.24. The zero-order valence-corrected chi connectivity index (χ0v) is 15.3. The normalized spacial score (nSPS) is 19.1. The summed E-state index contributed by atoms with van der Waals surface area (Å²) < 4.78 is 30.3. The predicted octanol–water partition coefficient (Wildman–Crippen LogP) is 2.95. The largest absolute Gasteiger partial charge is 0.489 e. The van der Waals surface area contributed by atoms with Crippen LogP contribution in [-0.4, -0.2) is 36.4 Å². The lowest BCUT2D eigenvalue weighted by atomic mass is 10.1. The SMILES string of the molecule is Cc1oc2ccc(OCc3ccccc3F)cc2c1C(=O)N[C@@H]1COC[C@@H]1O. The van der Waals surface area contributed by atoms with Crippen molar-refractivity contribution in [1.29, 1.82) is 0 Å². The van der Waals surface area contributed by atoms with E-state index in [0.29, 0.717) is 33.6 Å². The Morgan fingerprint density at radius 3 is 2.86 bits per heavy atom. The molecule has 2 aromatic carbocycles. The van der Waals surface area contributed by atoms with Gasteiger partial charge in [-0.05, 0) is 31.2 Å². The van der Waals surface area contributed by atoms with Gasteiger partial charge in [-0.2, -0.15) is 0 Å². The Bertz CT molecular complexity index is 1020. The number of amides is 1. The smallest absolute Gasteiger partial charge is 0.255 e. The van der Waals surface area contributed by atoms with Crippen molar-refractivity contribution in [2.24, 2.45) is 0 Å². The summed E-state index contributed by atoms with van der Waals surface area (Å²) in [4.78, 5) is 12.7. The Hall–Kier alpha value is -2.90. The van der Waals surface area contributed by atoms with E-state index in [0.717, 1.165) is 0 Å². The minimum Gasteiger partial charge on any atom is -0.489 e. The van der Waals surface area contributed by atoms with Crippen LogP contribution in [0.4, 0.5) is 4.39 Å². The standard InChI is InChI=1S/C21H20FNO5/c1-12-20(21(25)23-17-10-26-11-18(17)24)15-8-14(6-7-19(15)28-12)27-9-13-4-2-3-5-16(13)22/h2-8,17-18,24H,9-11H2,1H3,(H,23,25)/t17-,18+/m1/s1. The Labute approximate surface area is 160 Å². The summed E-state index contributed by atoms with van der Waals surface area (Å²) in [7, 11) is 0. The number of benzene rings is 2. The third kappa shape index (κ3) is 3.58. The molecule has 1 aromatic heterocycles. The Morgan fingerprint density at radius 2 is 2.11 bits per heavy atom. The van der Waals surface area contributed by atoms with Crippen LogP contribution in [0.25, 0.3) is 11.0 Å². The van der Waals surface area contributed by atoms with Crippen LogP contribution in [0.1, 0.15) is 21.7 Å². The summed E-state index contributed by atoms with van der Waals surface area (Å²) in [5.41, 5.74) is 1.37. The third-order valence-corrected chi connectivity index (χ3v) is 4.78. The number of ether oxygens (including phenoxy) is 2. The highest BCUT2D eigenvalue weighted by molar-refractivity contribution is 6.07. The number of hydrogen-bond donors (Lipinski definition) is 2. The van der Waals surface area contributed by atoms with Gasteiger partial charge in [0, 0.05) is 10.9 Å². The summed E-state index contributed by atoms with van der Waals surface area (Å²) in [6, 6.07) is 11.1. The Kier molecular flexibility index (Phi) is 5.02. The van der Waals surface area contributed by atoms with E-state index in [4.69, 9.17) is 13.9 Å². The molecule has 0 aliphatic carbocycles. The average Bonchev–Trinajstić information content (AvgIpc) is 3.22. The fourth-order valence-corrected chi connectivity index (χ4v) is 3.27. The van der Waals surface area contributed by atoms with Crippen molar-refractivity contribution in [2.75, 3.05) is 13.2 Å². The number of rotatable bonds is 5. The highest BCUT2D eigenvalue weighted by atomic mass is 19.1. The summed E-state index contributed by atoms with van der Waals surface area (Å²) in [5, 5.41) is 13.2. The number of hydrogen-bond acceptors (Lipinski definition) is 5. The van der Waals surface area contributed by atoms with Gasteiger partial charge < -0.3 is 24.3 Å². The highest BCUT2D eigenvalue weighted by Gasteiger charge is 2.29. The zero-order chi connectivity index (χ0) is 19.7. The molecule has 1 aliphatic rings. The topological polar surface area (TPSA) is 80.9 Å². The van der Waals surface area contributed by atoms with Gasteiger partial charge in [-0.25, -0.2) is 4.39 Å². The van der Waals surface area contributed by atoms with Crippen LogP contribution >= 0.6 is 0 Å². The Morgan fingerprint density at radius 1 is 1.29 bits per heavy atom. The molecule has 2 heterocycles. The first-order valence-electron chi connectivity index (χ1n) is 8.99. The van der Waals surface area contributed by atoms with Gasteiger partial charge in [0.25, 0.3) is 5.91 Å². The van der Waals surface area contributed by atoms with E-state index < -0.39 is 12.1 Å². The number of carbonyl (C=O) groups excluding carboxylic acids is 1. The molecule has 1 fully saturated rings. The second-order valence-electron chi connectivity index (χ2n) is 6.76. The molecule has 6 nitrogen and oxygen atoms in total. The second kappa shape index (κ2) is 7.61. The predicted molar refractivity (Wildman–Crippen MR) is 99.8 cm³/mol. The summed E-state index contributed by atoms with van der Waals surface area (Å²) in [5.74, 6) is 0.277. The number of fused-ring (bicyclic) bond motifs is 1. The van der Waals surface area contributed by atoms with Crippen molar-refractivity contribution in [1.82, 2.24) is 5.32 Å². The molecule has 146 valence electrons. The molecule has 1 aliphatic heterocycles. The van der Waals surface area contributed by atoms with Gasteiger partial charge in [-0.3, -0.25) is 4.79 Å². The van der Waals surface area contributed by atoms with Crippen LogP contribution in [0.2, 0.25) is 0 Å². The zero-order valence-electron chi connectivity index (χ0n) is 15.3. The maximum atomic E-state index is 13.8. The molecule has 2 N–H and O–H groups in total. The molecular weight excluding hydrogens is 365 g/mol. The van der Waals surface area contributed by atoms with E-state index >= 15 is 0 Å². The number of furan rings is 1. The van der Waals surface area contributed by atoms with Crippen LogP contribution < -0.4 is 10.1 Å². The fraction of sp³-hybridized carbons (Fsp3) is 0.286. The maximum absolute atomic E-state index is 13.8. The van der Waals surface area contributed by atoms with Crippen LogP contribution in [-0.2, 0) is 11.3 Å². The molecule has 0 spiro atoms. The molecule has 0 unspecified atom stereocenters. The van der Waals surface area contributed by atoms with Crippen LogP contribution in [0.15, 0.2) is 46.9 Å². The van der Waals surface area contributed by atoms with Crippen molar-refractivity contribution in [3.05, 3.63) is 65.2 Å². The van der Waals surface area contributed by atoms with Gasteiger partial charge in [0.2, 0.25) is 0 Å². The van der Waals surface area contributed by atoms with E-state index in [1.54, 1.807) is 43.3 Å². The van der Waals surface area contributed by atoms with E-state index in [-0.39, 0.29) is 31.5 Å². The number of halogens is 1. The van der Waals surface area contributed by atoms with Crippen LogP contribution in [0.3, 0.4) is 0 Å². The van der Waals surface area contributed by atoms with Gasteiger partial charge in [-0.1, -0.05) is 18.2 Å². The minimum atomic E-state index is -0.734. The monoisotopic (exact) mass is 385 g/mol. The molecule has 0 bridgehead atoms. The first kappa shape index (κ1) is 18.5. The highest BCUT2D eigenvalue weighted by Crippen LogP contribution is 2.30. The molecule has 4 rings (SSSR count). The van der Waals surface area contributed by atoms with Gasteiger partial charge in [0.1, 0.15) is 29.5 Å². The molecular formula is C21H20FNO5. The van der Waals surface area contributed by atoms with Gasteiger partial charge in [0.05, 0.1) is 30.9 Å². The van der Waals surface area contributed by atoms with E-state index in [9.17, 15) is 14.3 Å². The fourth-order valence-electron chi connectivity index (χ4n) is 3.27. The quantitative estimate of drug-likeness (QED) is 0.706. The lowest BCUT2D eigenvalue weighted by molar-refractivity contribution is 0.0886. The number of aliphatic hydroxyl groups is 1. The summed E-state index contributed by atoms with van der Waals surface area (Å²) in [6.07, 6.45) is -0.734. The van der Waals surface area contributed by atoms with Crippen molar-refractivity contribution in [3.63, 3.8) is 0 Å². The van der Waals surface area contributed by atoms with Crippen molar-refractivity contribution < 1.29 is 28.2 Å². The molecule has 1 amide bonds. The first-order valence-corrected chi connectivity index (χ1v) is 8.99.